The van der Waals surface area contributed by atoms with Crippen LogP contribution in [0.3, 0.4) is 0 Å². The maximum absolute atomic E-state index is 12.1. The number of rotatable bonds is 6. The highest BCUT2D eigenvalue weighted by Crippen LogP contribution is 2.38. The Morgan fingerprint density at radius 2 is 1.48 bits per heavy atom. The van der Waals surface area contributed by atoms with Gasteiger partial charge < -0.3 is 19.5 Å². The molecule has 0 aliphatic rings. The molecule has 1 N–H and O–H groups in total. The second-order valence-electron chi connectivity index (χ2n) is 4.94. The summed E-state index contributed by atoms with van der Waals surface area (Å²) in [5.41, 5.74) is 1.23. The van der Waals surface area contributed by atoms with E-state index < -0.39 is 0 Å². The number of ether oxygens (including phenoxy) is 3. The Kier molecular flexibility index (Phi) is 6.56. The average molecular weight is 382 g/mol. The zero-order chi connectivity index (χ0) is 18.4. The Bertz CT molecular complexity index is 760. The van der Waals surface area contributed by atoms with E-state index in [1.807, 2.05) is 0 Å². The molecule has 0 aromatic heterocycles. The average Bonchev–Trinajstić information content (AvgIpc) is 2.57. The van der Waals surface area contributed by atoms with Gasteiger partial charge in [-0.3, -0.25) is 4.79 Å². The summed E-state index contributed by atoms with van der Waals surface area (Å²) in [5, 5.41) is 3.57. The lowest BCUT2D eigenvalue weighted by atomic mass is 10.1. The molecule has 0 aliphatic carbocycles. The van der Waals surface area contributed by atoms with Crippen LogP contribution >= 0.6 is 23.2 Å². The first-order valence-electron chi connectivity index (χ1n) is 7.22. The summed E-state index contributed by atoms with van der Waals surface area (Å²) in [6.07, 6.45) is 3.02. The van der Waals surface area contributed by atoms with E-state index in [1.165, 1.54) is 27.4 Å². The molecule has 2 aromatic rings. The fourth-order valence-corrected chi connectivity index (χ4v) is 2.71. The molecule has 0 unspecified atom stereocenters. The number of carbonyl (C=O) groups is 1. The normalized spacial score (nSPS) is 10.6. The molecule has 0 saturated heterocycles. The Hall–Kier alpha value is -2.37. The number of methoxy groups -OCH3 is 3. The summed E-state index contributed by atoms with van der Waals surface area (Å²) in [6.45, 7) is 0. The van der Waals surface area contributed by atoms with E-state index in [9.17, 15) is 4.79 Å². The standard InChI is InChI=1S/C18H17Cl2NO4/c1-23-15-6-11(7-16(24-2)18(15)25-3)4-5-17(22)21-14-9-12(19)8-13(20)10-14/h4-10H,1-3H3,(H,21,22)/b5-4-. The van der Waals surface area contributed by atoms with Crippen LogP contribution in [0.2, 0.25) is 10.0 Å². The van der Waals surface area contributed by atoms with Crippen LogP contribution < -0.4 is 19.5 Å². The summed E-state index contributed by atoms with van der Waals surface area (Å²) >= 11 is 11.8. The van der Waals surface area contributed by atoms with Gasteiger partial charge in [0.15, 0.2) is 11.5 Å². The van der Waals surface area contributed by atoms with Crippen LogP contribution in [-0.4, -0.2) is 27.2 Å². The second kappa shape index (κ2) is 8.65. The van der Waals surface area contributed by atoms with Gasteiger partial charge in [0.25, 0.3) is 0 Å². The van der Waals surface area contributed by atoms with Crippen LogP contribution in [-0.2, 0) is 4.79 Å². The van der Waals surface area contributed by atoms with Crippen LogP contribution in [0.25, 0.3) is 6.08 Å². The fraction of sp³-hybridized carbons (Fsp3) is 0.167. The molecule has 2 rings (SSSR count). The lowest BCUT2D eigenvalue weighted by molar-refractivity contribution is -0.111. The molecule has 5 nitrogen and oxygen atoms in total. The second-order valence-corrected chi connectivity index (χ2v) is 5.81. The number of halogens is 2. The van der Waals surface area contributed by atoms with Gasteiger partial charge in [0.2, 0.25) is 11.7 Å². The number of amides is 1. The number of nitrogens with one attached hydrogen (secondary N) is 1. The van der Waals surface area contributed by atoms with Gasteiger partial charge in [0, 0.05) is 21.8 Å². The molecule has 0 radical (unpaired) electrons. The molecule has 25 heavy (non-hydrogen) atoms. The molecule has 1 amide bonds. The first-order valence-corrected chi connectivity index (χ1v) is 7.97. The summed E-state index contributed by atoms with van der Waals surface area (Å²) < 4.78 is 15.8. The van der Waals surface area contributed by atoms with Gasteiger partial charge in [-0.05, 0) is 42.0 Å². The Labute approximate surface area is 156 Å². The van der Waals surface area contributed by atoms with E-state index in [2.05, 4.69) is 5.32 Å². The summed E-state index contributed by atoms with van der Waals surface area (Å²) in [7, 11) is 4.58. The van der Waals surface area contributed by atoms with Crippen molar-refractivity contribution in [3.05, 3.63) is 52.0 Å². The van der Waals surface area contributed by atoms with Crippen molar-refractivity contribution in [1.82, 2.24) is 0 Å². The van der Waals surface area contributed by atoms with Crippen molar-refractivity contribution >= 4 is 40.9 Å². The molecule has 0 bridgehead atoms. The van der Waals surface area contributed by atoms with Crippen molar-refractivity contribution in [2.45, 2.75) is 0 Å². The SMILES string of the molecule is COc1cc(/C=C\C(=O)Nc2cc(Cl)cc(Cl)c2)cc(OC)c1OC. The lowest BCUT2D eigenvalue weighted by Crippen LogP contribution is -2.07. The molecule has 7 heteroatoms. The molecule has 0 fully saturated rings. The van der Waals surface area contributed by atoms with Crippen molar-refractivity contribution < 1.29 is 19.0 Å². The van der Waals surface area contributed by atoms with Gasteiger partial charge in [0.1, 0.15) is 0 Å². The van der Waals surface area contributed by atoms with E-state index in [-0.39, 0.29) is 5.91 Å². The number of hydrogen-bond acceptors (Lipinski definition) is 4. The molecular formula is C18H17Cl2NO4. The van der Waals surface area contributed by atoms with Gasteiger partial charge >= 0.3 is 0 Å². The van der Waals surface area contributed by atoms with Crippen molar-refractivity contribution in [2.24, 2.45) is 0 Å². The predicted molar refractivity (Wildman–Crippen MR) is 100 cm³/mol. The van der Waals surface area contributed by atoms with Crippen LogP contribution in [0.15, 0.2) is 36.4 Å². The smallest absolute Gasteiger partial charge is 0.248 e. The van der Waals surface area contributed by atoms with Crippen LogP contribution in [0.4, 0.5) is 5.69 Å². The maximum Gasteiger partial charge on any atom is 0.248 e. The van der Waals surface area contributed by atoms with Crippen molar-refractivity contribution in [1.29, 1.82) is 0 Å². The molecular weight excluding hydrogens is 365 g/mol. The third kappa shape index (κ3) is 5.05. The topological polar surface area (TPSA) is 56.8 Å². The maximum atomic E-state index is 12.1. The van der Waals surface area contributed by atoms with E-state index >= 15 is 0 Å². The minimum absolute atomic E-state index is 0.327. The highest BCUT2D eigenvalue weighted by molar-refractivity contribution is 6.35. The summed E-state index contributed by atoms with van der Waals surface area (Å²) in [4.78, 5) is 12.1. The van der Waals surface area contributed by atoms with Crippen LogP contribution in [0.1, 0.15) is 5.56 Å². The van der Waals surface area contributed by atoms with Crippen molar-refractivity contribution in [2.75, 3.05) is 26.6 Å². The first-order chi connectivity index (χ1) is 12.0. The molecule has 0 saturated carbocycles. The van der Waals surface area contributed by atoms with E-state index in [4.69, 9.17) is 37.4 Å². The first kappa shape index (κ1) is 19.0. The third-order valence-corrected chi connectivity index (χ3v) is 3.68. The Morgan fingerprint density at radius 1 is 0.920 bits per heavy atom. The van der Waals surface area contributed by atoms with Crippen molar-refractivity contribution in [3.63, 3.8) is 0 Å². The number of benzene rings is 2. The van der Waals surface area contributed by atoms with E-state index in [0.717, 1.165) is 0 Å². The fourth-order valence-electron chi connectivity index (χ4n) is 2.18. The number of hydrogen-bond donors (Lipinski definition) is 1. The Morgan fingerprint density at radius 3 is 1.96 bits per heavy atom. The van der Waals surface area contributed by atoms with E-state index in [0.29, 0.717) is 38.5 Å². The Balaban J connectivity index is 2.19. The molecule has 132 valence electrons. The minimum atomic E-state index is -0.327. The van der Waals surface area contributed by atoms with Gasteiger partial charge in [-0.15, -0.1) is 0 Å². The van der Waals surface area contributed by atoms with Crippen molar-refractivity contribution in [3.8, 4) is 17.2 Å². The molecule has 0 aliphatic heterocycles. The van der Waals surface area contributed by atoms with E-state index in [1.54, 1.807) is 36.4 Å². The zero-order valence-electron chi connectivity index (χ0n) is 13.9. The predicted octanol–water partition coefficient (Wildman–Crippen LogP) is 4.67. The summed E-state index contributed by atoms with van der Waals surface area (Å²) in [6, 6.07) is 8.28. The molecule has 0 spiro atoms. The highest BCUT2D eigenvalue weighted by Gasteiger charge is 2.12. The quantitative estimate of drug-likeness (QED) is 0.738. The third-order valence-electron chi connectivity index (χ3n) is 3.24. The lowest BCUT2D eigenvalue weighted by Gasteiger charge is -2.12. The van der Waals surface area contributed by atoms with Gasteiger partial charge in [-0.25, -0.2) is 0 Å². The summed E-state index contributed by atoms with van der Waals surface area (Å²) in [5.74, 6) is 1.17. The van der Waals surface area contributed by atoms with Gasteiger partial charge in [-0.1, -0.05) is 23.2 Å². The number of anilines is 1. The minimum Gasteiger partial charge on any atom is -0.493 e. The molecule has 0 heterocycles. The highest BCUT2D eigenvalue weighted by atomic mass is 35.5. The largest absolute Gasteiger partial charge is 0.493 e. The molecule has 0 atom stereocenters. The molecule has 2 aromatic carbocycles. The zero-order valence-corrected chi connectivity index (χ0v) is 15.4. The van der Waals surface area contributed by atoms with Crippen LogP contribution in [0.5, 0.6) is 17.2 Å². The van der Waals surface area contributed by atoms with Gasteiger partial charge in [-0.2, -0.15) is 0 Å². The monoisotopic (exact) mass is 381 g/mol. The number of carbonyl (C=O) groups excluding carboxylic acids is 1. The van der Waals surface area contributed by atoms with Crippen LogP contribution in [0, 0.1) is 0 Å². The van der Waals surface area contributed by atoms with Gasteiger partial charge in [0.05, 0.1) is 21.3 Å².